The molecular weight excluding hydrogens is 406 g/mol. The number of fused-ring (bicyclic) bond motifs is 1. The van der Waals surface area contributed by atoms with Crippen LogP contribution < -0.4 is 10.9 Å². The van der Waals surface area contributed by atoms with Crippen LogP contribution in [0.3, 0.4) is 0 Å². The summed E-state index contributed by atoms with van der Waals surface area (Å²) in [5, 5.41) is 4.38. The lowest BCUT2D eigenvalue weighted by atomic mass is 9.95. The highest BCUT2D eigenvalue weighted by molar-refractivity contribution is 7.99. The molecule has 1 amide bonds. The average Bonchev–Trinajstić information content (AvgIpc) is 2.78. The van der Waals surface area contributed by atoms with Crippen molar-refractivity contribution in [2.24, 2.45) is 0 Å². The summed E-state index contributed by atoms with van der Waals surface area (Å²) in [5.41, 5.74) is 2.97. The summed E-state index contributed by atoms with van der Waals surface area (Å²) in [6.07, 6.45) is 5.45. The van der Waals surface area contributed by atoms with Gasteiger partial charge >= 0.3 is 0 Å². The van der Waals surface area contributed by atoms with Crippen LogP contribution in [-0.2, 0) is 4.79 Å². The molecule has 162 valence electrons. The van der Waals surface area contributed by atoms with Crippen LogP contribution in [0.2, 0.25) is 0 Å². The molecule has 1 heterocycles. The Balaban J connectivity index is 1.55. The summed E-state index contributed by atoms with van der Waals surface area (Å²) < 4.78 is 1.85. The Hall–Kier alpha value is -2.60. The zero-order valence-electron chi connectivity index (χ0n) is 18.1. The molecule has 3 aromatic rings. The van der Waals surface area contributed by atoms with Crippen molar-refractivity contribution in [1.82, 2.24) is 14.9 Å². The number of thioether (sulfide) groups is 1. The third-order valence-electron chi connectivity index (χ3n) is 6.08. The third kappa shape index (κ3) is 4.85. The fourth-order valence-corrected chi connectivity index (χ4v) is 5.33. The third-order valence-corrected chi connectivity index (χ3v) is 7.03. The highest BCUT2D eigenvalue weighted by Crippen LogP contribution is 2.31. The standard InChI is InChI=1S/C25H29N3O2S/c1-17-10-6-7-13-20(17)18(2)26-23(29)16-31-25-27-22-15-9-8-14-21(22)24(30)28(25)19-11-4-3-5-12-19/h6-10,13-15,18-19H,3-5,11-12,16H2,1-2H3,(H,26,29). The minimum absolute atomic E-state index is 0.00804. The number of carbonyl (C=O) groups excluding carboxylic acids is 1. The molecule has 1 aliphatic rings. The Kier molecular flexibility index (Phi) is 6.76. The fourth-order valence-electron chi connectivity index (χ4n) is 4.45. The van der Waals surface area contributed by atoms with Gasteiger partial charge in [-0.25, -0.2) is 4.98 Å². The van der Waals surface area contributed by atoms with Gasteiger partial charge in [-0.1, -0.05) is 67.4 Å². The van der Waals surface area contributed by atoms with Crippen LogP contribution in [0, 0.1) is 6.92 Å². The number of hydrogen-bond donors (Lipinski definition) is 1. The van der Waals surface area contributed by atoms with E-state index in [9.17, 15) is 9.59 Å². The molecular formula is C25H29N3O2S. The van der Waals surface area contributed by atoms with Crippen LogP contribution in [0.25, 0.3) is 10.9 Å². The summed E-state index contributed by atoms with van der Waals surface area (Å²) >= 11 is 1.36. The number of amides is 1. The van der Waals surface area contributed by atoms with E-state index in [0.29, 0.717) is 16.1 Å². The smallest absolute Gasteiger partial charge is 0.262 e. The zero-order valence-corrected chi connectivity index (χ0v) is 19.0. The number of carbonyl (C=O) groups is 1. The molecule has 0 saturated heterocycles. The lowest BCUT2D eigenvalue weighted by Gasteiger charge is -2.26. The predicted octanol–water partition coefficient (Wildman–Crippen LogP) is 5.18. The maximum absolute atomic E-state index is 13.3. The van der Waals surface area contributed by atoms with E-state index in [1.165, 1.54) is 18.2 Å². The van der Waals surface area contributed by atoms with Gasteiger partial charge in [-0.15, -0.1) is 0 Å². The molecule has 0 bridgehead atoms. The SMILES string of the molecule is Cc1ccccc1C(C)NC(=O)CSc1nc2ccccc2c(=O)n1C1CCCCC1. The van der Waals surface area contributed by atoms with Gasteiger partial charge in [0.1, 0.15) is 0 Å². The van der Waals surface area contributed by atoms with Crippen LogP contribution in [0.15, 0.2) is 58.5 Å². The Bertz CT molecular complexity index is 1140. The number of benzene rings is 2. The molecule has 0 aliphatic heterocycles. The van der Waals surface area contributed by atoms with Crippen LogP contribution in [-0.4, -0.2) is 21.2 Å². The molecule has 1 aromatic heterocycles. The highest BCUT2D eigenvalue weighted by Gasteiger charge is 2.22. The number of para-hydroxylation sites is 1. The predicted molar refractivity (Wildman–Crippen MR) is 127 cm³/mol. The van der Waals surface area contributed by atoms with Gasteiger partial charge in [-0.3, -0.25) is 14.2 Å². The largest absolute Gasteiger partial charge is 0.349 e. The number of nitrogens with zero attached hydrogens (tertiary/aromatic N) is 2. The second kappa shape index (κ2) is 9.69. The normalized spacial score (nSPS) is 15.7. The molecule has 1 unspecified atom stereocenters. The van der Waals surface area contributed by atoms with E-state index in [-0.39, 0.29) is 29.3 Å². The minimum Gasteiger partial charge on any atom is -0.349 e. The summed E-state index contributed by atoms with van der Waals surface area (Å²) in [7, 11) is 0. The van der Waals surface area contributed by atoms with Gasteiger partial charge in [0.2, 0.25) is 5.91 Å². The molecule has 4 rings (SSSR count). The second-order valence-electron chi connectivity index (χ2n) is 8.31. The lowest BCUT2D eigenvalue weighted by Crippen LogP contribution is -2.31. The van der Waals surface area contributed by atoms with Crippen molar-refractivity contribution >= 4 is 28.6 Å². The monoisotopic (exact) mass is 435 g/mol. The van der Waals surface area contributed by atoms with Gasteiger partial charge in [0.15, 0.2) is 5.16 Å². The maximum Gasteiger partial charge on any atom is 0.262 e. The first-order valence-corrected chi connectivity index (χ1v) is 12.0. The van der Waals surface area contributed by atoms with Gasteiger partial charge < -0.3 is 5.32 Å². The van der Waals surface area contributed by atoms with E-state index >= 15 is 0 Å². The van der Waals surface area contributed by atoms with E-state index in [1.54, 1.807) is 0 Å². The minimum atomic E-state index is -0.0700. The first-order chi connectivity index (χ1) is 15.0. The second-order valence-corrected chi connectivity index (χ2v) is 9.26. The van der Waals surface area contributed by atoms with Crippen molar-refractivity contribution in [3.8, 4) is 0 Å². The molecule has 6 heteroatoms. The van der Waals surface area contributed by atoms with Crippen LogP contribution in [0.1, 0.15) is 62.2 Å². The first kappa shape index (κ1) is 21.6. The Morgan fingerprint density at radius 3 is 2.61 bits per heavy atom. The van der Waals surface area contributed by atoms with Gasteiger partial charge in [-0.2, -0.15) is 0 Å². The topological polar surface area (TPSA) is 64.0 Å². The summed E-state index contributed by atoms with van der Waals surface area (Å²) in [6, 6.07) is 15.7. The maximum atomic E-state index is 13.3. The first-order valence-electron chi connectivity index (χ1n) is 11.0. The molecule has 0 spiro atoms. The van der Waals surface area contributed by atoms with Crippen molar-refractivity contribution in [1.29, 1.82) is 0 Å². The van der Waals surface area contributed by atoms with Crippen molar-refractivity contribution in [3.63, 3.8) is 0 Å². The van der Waals surface area contributed by atoms with Crippen LogP contribution in [0.4, 0.5) is 0 Å². The van der Waals surface area contributed by atoms with Crippen molar-refractivity contribution in [3.05, 3.63) is 70.0 Å². The summed E-state index contributed by atoms with van der Waals surface area (Å²) in [5.74, 6) is 0.173. The number of aryl methyl sites for hydroxylation is 1. The molecule has 5 nitrogen and oxygen atoms in total. The van der Waals surface area contributed by atoms with E-state index in [1.807, 2.05) is 54.0 Å². The quantitative estimate of drug-likeness (QED) is 0.428. The lowest BCUT2D eigenvalue weighted by molar-refractivity contribution is -0.119. The van der Waals surface area contributed by atoms with E-state index < -0.39 is 0 Å². The van der Waals surface area contributed by atoms with Gasteiger partial charge in [0.05, 0.1) is 22.7 Å². The number of nitrogens with one attached hydrogen (secondary N) is 1. The molecule has 1 N–H and O–H groups in total. The van der Waals surface area contributed by atoms with Gasteiger partial charge in [-0.05, 0) is 49.9 Å². The van der Waals surface area contributed by atoms with Crippen LogP contribution >= 0.6 is 11.8 Å². The van der Waals surface area contributed by atoms with Crippen molar-refractivity contribution in [2.45, 2.75) is 63.2 Å². The molecule has 2 aromatic carbocycles. The average molecular weight is 436 g/mol. The molecule has 31 heavy (non-hydrogen) atoms. The van der Waals surface area contributed by atoms with Crippen molar-refractivity contribution < 1.29 is 4.79 Å². The van der Waals surface area contributed by atoms with Crippen LogP contribution in [0.5, 0.6) is 0 Å². The van der Waals surface area contributed by atoms with E-state index in [2.05, 4.69) is 18.3 Å². The number of aromatic nitrogens is 2. The van der Waals surface area contributed by atoms with Gasteiger partial charge in [0, 0.05) is 6.04 Å². The molecule has 1 saturated carbocycles. The Morgan fingerprint density at radius 2 is 1.84 bits per heavy atom. The molecule has 1 aliphatic carbocycles. The van der Waals surface area contributed by atoms with E-state index in [0.717, 1.165) is 36.8 Å². The number of rotatable bonds is 6. The molecule has 0 radical (unpaired) electrons. The molecule has 1 atom stereocenters. The summed E-state index contributed by atoms with van der Waals surface area (Å²) in [4.78, 5) is 30.8. The molecule has 1 fully saturated rings. The van der Waals surface area contributed by atoms with E-state index in [4.69, 9.17) is 4.98 Å². The zero-order chi connectivity index (χ0) is 21.8. The highest BCUT2D eigenvalue weighted by atomic mass is 32.2. The van der Waals surface area contributed by atoms with Crippen molar-refractivity contribution in [2.75, 3.05) is 5.75 Å². The van der Waals surface area contributed by atoms with Gasteiger partial charge in [0.25, 0.3) is 5.56 Å². The summed E-state index contributed by atoms with van der Waals surface area (Å²) in [6.45, 7) is 4.05. The fraction of sp³-hybridized carbons (Fsp3) is 0.400. The Morgan fingerprint density at radius 1 is 1.13 bits per heavy atom. The number of hydrogen-bond acceptors (Lipinski definition) is 4. The Labute approximate surface area is 187 Å².